The highest BCUT2D eigenvalue weighted by molar-refractivity contribution is 6.05. The van der Waals surface area contributed by atoms with Gasteiger partial charge >= 0.3 is 0 Å². The van der Waals surface area contributed by atoms with Crippen LogP contribution in [0.2, 0.25) is 0 Å². The third-order valence-corrected chi connectivity index (χ3v) is 3.39. The molecule has 3 rings (SSSR count). The molecule has 0 aromatic carbocycles. The maximum absolute atomic E-state index is 12.2. The van der Waals surface area contributed by atoms with Crippen LogP contribution in [0.15, 0.2) is 30.3 Å². The third-order valence-electron chi connectivity index (χ3n) is 3.39. The second-order valence-electron chi connectivity index (χ2n) is 5.58. The zero-order valence-electron chi connectivity index (χ0n) is 10.2. The number of ketones is 1. The first-order valence-corrected chi connectivity index (χ1v) is 5.98. The molecule has 0 saturated heterocycles. The van der Waals surface area contributed by atoms with E-state index >= 15 is 0 Å². The van der Waals surface area contributed by atoms with Gasteiger partial charge in [0.15, 0.2) is 5.78 Å². The molecule has 2 heteroatoms. The summed E-state index contributed by atoms with van der Waals surface area (Å²) in [7, 11) is 0. The molecule has 2 aliphatic carbocycles. The van der Waals surface area contributed by atoms with Gasteiger partial charge in [-0.1, -0.05) is 38.1 Å². The van der Waals surface area contributed by atoms with Crippen LogP contribution in [0.25, 0.3) is 11.3 Å². The number of hydrogen-bond acceptors (Lipinski definition) is 2. The van der Waals surface area contributed by atoms with Crippen molar-refractivity contribution in [3.05, 3.63) is 41.6 Å². The van der Waals surface area contributed by atoms with Crippen LogP contribution in [0.3, 0.4) is 0 Å². The number of aromatic nitrogens is 1. The fraction of sp³-hybridized carbons (Fsp3) is 0.333. The summed E-state index contributed by atoms with van der Waals surface area (Å²) in [6, 6.07) is 9.88. The Kier molecular flexibility index (Phi) is 2.09. The normalized spacial score (nSPS) is 18.1. The Hall–Kier alpha value is -1.70. The number of rotatable bonds is 0. The van der Waals surface area contributed by atoms with E-state index in [-0.39, 0.29) is 11.2 Å². The van der Waals surface area contributed by atoms with E-state index in [2.05, 4.69) is 18.8 Å². The van der Waals surface area contributed by atoms with E-state index in [1.54, 1.807) is 0 Å². The predicted octanol–water partition coefficient (Wildman–Crippen LogP) is 3.34. The van der Waals surface area contributed by atoms with Gasteiger partial charge in [0.2, 0.25) is 0 Å². The molecule has 2 nitrogen and oxygen atoms in total. The van der Waals surface area contributed by atoms with Gasteiger partial charge in [0.25, 0.3) is 0 Å². The fourth-order valence-electron chi connectivity index (χ4n) is 2.68. The number of Topliss-reactive ketones (excluding diaryl/α,β-unsaturated/α-hetero) is 1. The van der Waals surface area contributed by atoms with Gasteiger partial charge in [-0.15, -0.1) is 0 Å². The van der Waals surface area contributed by atoms with E-state index in [9.17, 15) is 4.79 Å². The molecular weight excluding hydrogens is 210 g/mol. The number of nitrogens with zero attached hydrogens (tertiary/aromatic N) is 1. The Balaban J connectivity index is 2.26. The molecule has 0 radical (unpaired) electrons. The first-order valence-electron chi connectivity index (χ1n) is 5.98. The second kappa shape index (κ2) is 3.39. The minimum absolute atomic E-state index is 0.0453. The minimum atomic E-state index is 0.0453. The standard InChI is InChI=1S/C15H15NO/c1-15(2)8-12-14(13(17)9-15)10-6-4-3-5-7-11(10)16-12/h3-7H,8-9H2,1-2H3. The average Bonchev–Trinajstić information content (AvgIpc) is 2.41. The number of hydrogen-bond donors (Lipinski definition) is 0. The number of carbonyl (C=O) groups is 1. The van der Waals surface area contributed by atoms with E-state index < -0.39 is 0 Å². The van der Waals surface area contributed by atoms with Crippen LogP contribution in [-0.2, 0) is 6.42 Å². The van der Waals surface area contributed by atoms with Crippen molar-refractivity contribution < 1.29 is 4.79 Å². The van der Waals surface area contributed by atoms with Gasteiger partial charge in [-0.3, -0.25) is 9.78 Å². The van der Waals surface area contributed by atoms with E-state index in [4.69, 9.17) is 0 Å². The Morgan fingerprint density at radius 2 is 1.88 bits per heavy atom. The summed E-state index contributed by atoms with van der Waals surface area (Å²) >= 11 is 0. The quantitative estimate of drug-likeness (QED) is 0.688. The van der Waals surface area contributed by atoms with Crippen molar-refractivity contribution in [1.29, 1.82) is 0 Å². The molecular formula is C15H15NO. The molecule has 0 spiro atoms. The second-order valence-corrected chi connectivity index (χ2v) is 5.58. The summed E-state index contributed by atoms with van der Waals surface area (Å²) in [6.45, 7) is 4.26. The zero-order valence-corrected chi connectivity index (χ0v) is 10.2. The Morgan fingerprint density at radius 3 is 2.71 bits per heavy atom. The lowest BCUT2D eigenvalue weighted by molar-refractivity contribution is 0.0912. The fourth-order valence-corrected chi connectivity index (χ4v) is 2.68. The molecule has 1 aliphatic heterocycles. The highest BCUT2D eigenvalue weighted by atomic mass is 16.1. The summed E-state index contributed by atoms with van der Waals surface area (Å²) in [4.78, 5) is 16.9. The third kappa shape index (κ3) is 1.64. The van der Waals surface area contributed by atoms with Crippen LogP contribution in [-0.4, -0.2) is 10.8 Å². The predicted molar refractivity (Wildman–Crippen MR) is 67.3 cm³/mol. The molecule has 1 heterocycles. The van der Waals surface area contributed by atoms with Crippen LogP contribution in [0.1, 0.15) is 36.3 Å². The van der Waals surface area contributed by atoms with Gasteiger partial charge in [-0.25, -0.2) is 0 Å². The van der Waals surface area contributed by atoms with Gasteiger partial charge in [-0.05, 0) is 17.9 Å². The Bertz CT molecular complexity index is 571. The molecule has 17 heavy (non-hydrogen) atoms. The smallest absolute Gasteiger partial charge is 0.165 e. The molecule has 0 aromatic rings. The maximum Gasteiger partial charge on any atom is 0.165 e. The van der Waals surface area contributed by atoms with Crippen molar-refractivity contribution in [2.24, 2.45) is 5.41 Å². The largest absolute Gasteiger partial charge is 0.294 e. The molecule has 0 fully saturated rings. The zero-order chi connectivity index (χ0) is 12.0. The molecule has 0 aromatic heterocycles. The lowest BCUT2D eigenvalue weighted by atomic mass is 9.75. The summed E-state index contributed by atoms with van der Waals surface area (Å²) in [6.07, 6.45) is 1.52. The monoisotopic (exact) mass is 225 g/mol. The molecule has 3 aliphatic rings. The van der Waals surface area contributed by atoms with E-state index in [0.717, 1.165) is 28.9 Å². The lowest BCUT2D eigenvalue weighted by Crippen LogP contribution is -2.26. The van der Waals surface area contributed by atoms with Crippen molar-refractivity contribution >= 4 is 5.78 Å². The van der Waals surface area contributed by atoms with E-state index in [1.807, 2.05) is 30.3 Å². The average molecular weight is 225 g/mol. The topological polar surface area (TPSA) is 30.0 Å². The van der Waals surface area contributed by atoms with Crippen molar-refractivity contribution in [2.45, 2.75) is 26.7 Å². The lowest BCUT2D eigenvalue weighted by Gasteiger charge is -2.27. The van der Waals surface area contributed by atoms with Crippen molar-refractivity contribution in [3.8, 4) is 11.3 Å². The Morgan fingerprint density at radius 1 is 1.12 bits per heavy atom. The number of fused-ring (bicyclic) bond motifs is 3. The van der Waals surface area contributed by atoms with E-state index in [0.29, 0.717) is 6.42 Å². The van der Waals surface area contributed by atoms with E-state index in [1.165, 1.54) is 0 Å². The van der Waals surface area contributed by atoms with Crippen LogP contribution >= 0.6 is 0 Å². The molecule has 86 valence electrons. The summed E-state index contributed by atoms with van der Waals surface area (Å²) < 4.78 is 0. The number of carbonyl (C=O) groups excluding carboxylic acids is 1. The summed E-state index contributed by atoms with van der Waals surface area (Å²) in [5.74, 6) is 0.241. The molecule has 0 N–H and O–H groups in total. The van der Waals surface area contributed by atoms with Gasteiger partial charge in [-0.2, -0.15) is 0 Å². The molecule has 0 unspecified atom stereocenters. The van der Waals surface area contributed by atoms with Crippen LogP contribution in [0.5, 0.6) is 0 Å². The van der Waals surface area contributed by atoms with Crippen molar-refractivity contribution in [2.75, 3.05) is 0 Å². The highest BCUT2D eigenvalue weighted by Gasteiger charge is 2.35. The SMILES string of the molecule is CC1(C)CC(=O)c2c3cccccc-3nc2C1. The Labute approximate surface area is 101 Å². The summed E-state index contributed by atoms with van der Waals surface area (Å²) in [5.41, 5.74) is 3.82. The van der Waals surface area contributed by atoms with Crippen LogP contribution in [0, 0.1) is 5.41 Å². The van der Waals surface area contributed by atoms with Crippen molar-refractivity contribution in [1.82, 2.24) is 4.98 Å². The van der Waals surface area contributed by atoms with Gasteiger partial charge in [0, 0.05) is 17.5 Å². The van der Waals surface area contributed by atoms with Crippen LogP contribution < -0.4 is 0 Å². The molecule has 0 atom stereocenters. The molecule has 0 saturated carbocycles. The summed E-state index contributed by atoms with van der Waals surface area (Å²) in [5, 5.41) is 0. The van der Waals surface area contributed by atoms with Crippen molar-refractivity contribution in [3.63, 3.8) is 0 Å². The minimum Gasteiger partial charge on any atom is -0.294 e. The van der Waals surface area contributed by atoms with Gasteiger partial charge < -0.3 is 0 Å². The van der Waals surface area contributed by atoms with Gasteiger partial charge in [0.1, 0.15) is 0 Å². The molecule has 0 bridgehead atoms. The highest BCUT2D eigenvalue weighted by Crippen LogP contribution is 2.39. The first-order chi connectivity index (χ1) is 8.07. The maximum atomic E-state index is 12.2. The van der Waals surface area contributed by atoms with Crippen LogP contribution in [0.4, 0.5) is 0 Å². The first kappa shape index (κ1) is 10.5. The molecule has 0 amide bonds. The van der Waals surface area contributed by atoms with Gasteiger partial charge in [0.05, 0.1) is 11.4 Å².